The quantitative estimate of drug-likeness (QED) is 0.284. The molecule has 0 aliphatic rings. The number of para-hydroxylation sites is 1. The molecule has 0 fully saturated rings. The summed E-state index contributed by atoms with van der Waals surface area (Å²) in [7, 11) is 3.10. The van der Waals surface area contributed by atoms with Crippen molar-refractivity contribution >= 4 is 34.3 Å². The van der Waals surface area contributed by atoms with Crippen molar-refractivity contribution in [1.82, 2.24) is 9.55 Å². The van der Waals surface area contributed by atoms with Gasteiger partial charge in [-0.25, -0.2) is 9.37 Å². The summed E-state index contributed by atoms with van der Waals surface area (Å²) in [6.45, 7) is 0. The molecule has 0 aliphatic carbocycles. The number of halogens is 2. The van der Waals surface area contributed by atoms with Crippen LogP contribution in [0, 0.1) is 5.82 Å². The van der Waals surface area contributed by atoms with Gasteiger partial charge in [-0.2, -0.15) is 0 Å². The van der Waals surface area contributed by atoms with Crippen molar-refractivity contribution in [2.75, 3.05) is 14.2 Å². The van der Waals surface area contributed by atoms with Crippen molar-refractivity contribution in [2.24, 2.45) is 0 Å². The van der Waals surface area contributed by atoms with E-state index in [0.717, 1.165) is 5.56 Å². The summed E-state index contributed by atoms with van der Waals surface area (Å²) in [5, 5.41) is 1.29. The smallest absolute Gasteiger partial charge is 0.266 e. The van der Waals surface area contributed by atoms with Gasteiger partial charge in [0, 0.05) is 29.0 Å². The highest BCUT2D eigenvalue weighted by atomic mass is 35.5. The van der Waals surface area contributed by atoms with Gasteiger partial charge in [0.2, 0.25) is 0 Å². The fourth-order valence-corrected chi connectivity index (χ4v) is 4.47. The Morgan fingerprint density at radius 1 is 1.03 bits per heavy atom. The number of rotatable bonds is 6. The number of hydrogen-bond acceptors (Lipinski definition) is 5. The molecule has 0 aliphatic heterocycles. The van der Waals surface area contributed by atoms with Gasteiger partial charge in [0.05, 0.1) is 30.8 Å². The number of hydrogen-bond donors (Lipinski definition) is 0. The zero-order chi connectivity index (χ0) is 22.0. The van der Waals surface area contributed by atoms with Crippen molar-refractivity contribution in [1.29, 1.82) is 0 Å². The molecule has 0 saturated carbocycles. The van der Waals surface area contributed by atoms with Crippen LogP contribution in [0.5, 0.6) is 11.5 Å². The first-order valence-electron chi connectivity index (χ1n) is 9.32. The molecule has 1 aromatic heterocycles. The summed E-state index contributed by atoms with van der Waals surface area (Å²) < 4.78 is 25.7. The van der Waals surface area contributed by atoms with Gasteiger partial charge < -0.3 is 9.47 Å². The van der Waals surface area contributed by atoms with E-state index in [2.05, 4.69) is 0 Å². The summed E-state index contributed by atoms with van der Waals surface area (Å²) >= 11 is 7.52. The van der Waals surface area contributed by atoms with Crippen LogP contribution in [-0.4, -0.2) is 23.8 Å². The van der Waals surface area contributed by atoms with Crippen molar-refractivity contribution < 1.29 is 13.9 Å². The van der Waals surface area contributed by atoms with Gasteiger partial charge in [0.25, 0.3) is 5.56 Å². The molecule has 0 saturated heterocycles. The maximum atomic E-state index is 13.4. The maximum Gasteiger partial charge on any atom is 0.266 e. The maximum absolute atomic E-state index is 13.4. The minimum Gasteiger partial charge on any atom is -0.497 e. The Bertz CT molecular complexity index is 1300. The Hall–Kier alpha value is -3.03. The predicted molar refractivity (Wildman–Crippen MR) is 121 cm³/mol. The molecule has 0 unspecified atom stereocenters. The molecule has 0 bridgehead atoms. The fraction of sp³-hybridized carbons (Fsp3) is 0.130. The molecule has 158 valence electrons. The van der Waals surface area contributed by atoms with Gasteiger partial charge in [-0.1, -0.05) is 41.6 Å². The van der Waals surface area contributed by atoms with E-state index in [1.165, 1.54) is 28.5 Å². The molecule has 4 aromatic rings. The van der Waals surface area contributed by atoms with Crippen LogP contribution in [0.3, 0.4) is 0 Å². The molecular weight excluding hydrogens is 439 g/mol. The lowest BCUT2D eigenvalue weighted by Crippen LogP contribution is -2.22. The molecule has 31 heavy (non-hydrogen) atoms. The van der Waals surface area contributed by atoms with Crippen LogP contribution in [0.4, 0.5) is 4.39 Å². The van der Waals surface area contributed by atoms with Crippen molar-refractivity contribution in [3.05, 3.63) is 87.4 Å². The van der Waals surface area contributed by atoms with E-state index < -0.39 is 5.82 Å². The summed E-state index contributed by atoms with van der Waals surface area (Å²) in [6.07, 6.45) is 0. The zero-order valence-electron chi connectivity index (χ0n) is 16.8. The molecule has 5 nitrogen and oxygen atoms in total. The third-order valence-corrected chi connectivity index (χ3v) is 6.05. The Morgan fingerprint density at radius 3 is 2.42 bits per heavy atom. The van der Waals surface area contributed by atoms with Gasteiger partial charge in [0.1, 0.15) is 17.3 Å². The predicted octanol–water partition coefficient (Wildman–Crippen LogP) is 5.49. The highest BCUT2D eigenvalue weighted by molar-refractivity contribution is 7.98. The van der Waals surface area contributed by atoms with Gasteiger partial charge >= 0.3 is 0 Å². The zero-order valence-corrected chi connectivity index (χ0v) is 18.3. The number of methoxy groups -OCH3 is 2. The summed E-state index contributed by atoms with van der Waals surface area (Å²) in [6, 6.07) is 16.6. The molecule has 0 spiro atoms. The van der Waals surface area contributed by atoms with Gasteiger partial charge in [-0.3, -0.25) is 9.36 Å². The fourth-order valence-electron chi connectivity index (χ4n) is 3.14. The SMILES string of the molecule is COc1cc(OC)cc(-n2c(SCc3ccc(F)cc3Cl)nc3ccccc3c2=O)c1. The molecule has 3 aromatic carbocycles. The first kappa shape index (κ1) is 21.2. The number of ether oxygens (including phenoxy) is 2. The van der Waals surface area contributed by atoms with Crippen LogP contribution >= 0.6 is 23.4 Å². The van der Waals surface area contributed by atoms with Crippen LogP contribution in [-0.2, 0) is 5.75 Å². The van der Waals surface area contributed by atoms with Crippen LogP contribution in [0.1, 0.15) is 5.56 Å². The second-order valence-corrected chi connectivity index (χ2v) is 8.00. The van der Waals surface area contributed by atoms with Crippen LogP contribution in [0.2, 0.25) is 5.02 Å². The van der Waals surface area contributed by atoms with Gasteiger partial charge in [-0.05, 0) is 29.8 Å². The van der Waals surface area contributed by atoms with E-state index in [0.29, 0.717) is 44.0 Å². The lowest BCUT2D eigenvalue weighted by atomic mass is 10.2. The molecule has 4 rings (SSSR count). The van der Waals surface area contributed by atoms with E-state index in [-0.39, 0.29) is 5.56 Å². The standard InChI is InChI=1S/C23H18ClFN2O3S/c1-29-17-10-16(11-18(12-17)30-2)27-22(28)19-5-3-4-6-21(19)26-23(27)31-13-14-7-8-15(25)9-20(14)24/h3-12H,13H2,1-2H3. The lowest BCUT2D eigenvalue weighted by molar-refractivity contribution is 0.394. The molecule has 0 N–H and O–H groups in total. The summed E-state index contributed by atoms with van der Waals surface area (Å²) in [4.78, 5) is 18.1. The number of nitrogens with zero attached hydrogens (tertiary/aromatic N) is 2. The minimum atomic E-state index is -0.400. The molecular formula is C23H18ClFN2O3S. The topological polar surface area (TPSA) is 53.4 Å². The Morgan fingerprint density at radius 2 is 1.74 bits per heavy atom. The largest absolute Gasteiger partial charge is 0.497 e. The summed E-state index contributed by atoms with van der Waals surface area (Å²) in [5.41, 5.74) is 1.68. The first-order chi connectivity index (χ1) is 15.0. The van der Waals surface area contributed by atoms with E-state index in [1.807, 2.05) is 6.07 Å². The van der Waals surface area contributed by atoms with Crippen molar-refractivity contribution in [3.63, 3.8) is 0 Å². The average Bonchev–Trinajstić information content (AvgIpc) is 2.78. The Balaban J connectivity index is 1.87. The third-order valence-electron chi connectivity index (χ3n) is 4.71. The monoisotopic (exact) mass is 456 g/mol. The van der Waals surface area contributed by atoms with E-state index in [4.69, 9.17) is 26.1 Å². The highest BCUT2D eigenvalue weighted by Gasteiger charge is 2.16. The van der Waals surface area contributed by atoms with E-state index in [9.17, 15) is 9.18 Å². The molecule has 8 heteroatoms. The molecule has 1 heterocycles. The Kier molecular flexibility index (Phi) is 6.15. The Labute approximate surface area is 187 Å². The molecule has 0 amide bonds. The third kappa shape index (κ3) is 4.38. The second kappa shape index (κ2) is 8.99. The summed E-state index contributed by atoms with van der Waals surface area (Å²) in [5.74, 6) is 1.10. The van der Waals surface area contributed by atoms with Gasteiger partial charge in [-0.15, -0.1) is 0 Å². The van der Waals surface area contributed by atoms with Crippen LogP contribution < -0.4 is 15.0 Å². The number of fused-ring (bicyclic) bond motifs is 1. The normalized spacial score (nSPS) is 11.0. The van der Waals surface area contributed by atoms with E-state index >= 15 is 0 Å². The molecule has 0 atom stereocenters. The number of benzene rings is 3. The van der Waals surface area contributed by atoms with Crippen molar-refractivity contribution in [2.45, 2.75) is 10.9 Å². The van der Waals surface area contributed by atoms with Crippen LogP contribution in [0.15, 0.2) is 70.6 Å². The average molecular weight is 457 g/mol. The number of thioether (sulfide) groups is 1. The number of aromatic nitrogens is 2. The molecule has 0 radical (unpaired) electrons. The highest BCUT2D eigenvalue weighted by Crippen LogP contribution is 2.30. The second-order valence-electron chi connectivity index (χ2n) is 6.65. The lowest BCUT2D eigenvalue weighted by Gasteiger charge is -2.15. The van der Waals surface area contributed by atoms with Crippen LogP contribution in [0.25, 0.3) is 16.6 Å². The van der Waals surface area contributed by atoms with Crippen molar-refractivity contribution in [3.8, 4) is 17.2 Å². The minimum absolute atomic E-state index is 0.214. The van der Waals surface area contributed by atoms with E-state index in [1.54, 1.807) is 56.7 Å². The first-order valence-corrected chi connectivity index (χ1v) is 10.7. The van der Waals surface area contributed by atoms with Gasteiger partial charge in [0.15, 0.2) is 5.16 Å².